The highest BCUT2D eigenvalue weighted by molar-refractivity contribution is 5.88. The minimum atomic E-state index is -0.392. The van der Waals surface area contributed by atoms with Crippen LogP contribution in [-0.4, -0.2) is 28.3 Å². The summed E-state index contributed by atoms with van der Waals surface area (Å²) < 4.78 is 0. The van der Waals surface area contributed by atoms with Crippen LogP contribution >= 0.6 is 0 Å². The number of aromatic amines is 1. The second-order valence-electron chi connectivity index (χ2n) is 5.10. The maximum atomic E-state index is 11.5. The van der Waals surface area contributed by atoms with Crippen LogP contribution in [0.1, 0.15) is 33.6 Å². The van der Waals surface area contributed by atoms with E-state index < -0.39 is 5.41 Å². The van der Waals surface area contributed by atoms with Gasteiger partial charge in [-0.15, -0.1) is 0 Å². The number of aromatic nitrogens is 2. The van der Waals surface area contributed by atoms with Crippen molar-refractivity contribution in [1.29, 1.82) is 0 Å². The zero-order valence-electron chi connectivity index (χ0n) is 11.0. The van der Waals surface area contributed by atoms with Crippen LogP contribution in [0, 0.1) is 5.41 Å². The Bertz CT molecular complexity index is 393. The van der Waals surface area contributed by atoms with Gasteiger partial charge < -0.3 is 10.3 Å². The number of imidazole rings is 1. The van der Waals surface area contributed by atoms with Crippen LogP contribution in [0.2, 0.25) is 0 Å². The van der Waals surface area contributed by atoms with Crippen molar-refractivity contribution in [2.75, 3.05) is 11.9 Å². The van der Waals surface area contributed by atoms with Crippen molar-refractivity contribution in [3.05, 3.63) is 12.4 Å². The predicted octanol–water partition coefficient (Wildman–Crippen LogP) is 1.29. The fraction of sp³-hybridized carbons (Fsp3) is 0.583. The Morgan fingerprint density at radius 3 is 2.67 bits per heavy atom. The number of hydrogen-bond donors (Lipinski definition) is 3. The highest BCUT2D eigenvalue weighted by Gasteiger charge is 2.20. The van der Waals surface area contributed by atoms with Crippen molar-refractivity contribution >= 4 is 17.8 Å². The molecule has 0 radical (unpaired) electrons. The first-order valence-electron chi connectivity index (χ1n) is 5.97. The summed E-state index contributed by atoms with van der Waals surface area (Å²) in [7, 11) is 0. The zero-order chi connectivity index (χ0) is 13.6. The molecule has 1 heterocycles. The van der Waals surface area contributed by atoms with Gasteiger partial charge in [-0.2, -0.15) is 0 Å². The first-order valence-corrected chi connectivity index (χ1v) is 5.97. The van der Waals surface area contributed by atoms with Gasteiger partial charge in [0.2, 0.25) is 17.8 Å². The molecule has 3 N–H and O–H groups in total. The Hall–Kier alpha value is -1.85. The van der Waals surface area contributed by atoms with Gasteiger partial charge >= 0.3 is 0 Å². The molecule has 1 aromatic heterocycles. The van der Waals surface area contributed by atoms with Gasteiger partial charge in [-0.05, 0) is 6.42 Å². The fourth-order valence-corrected chi connectivity index (χ4v) is 1.24. The molecule has 0 saturated carbocycles. The maximum Gasteiger partial charge on any atom is 0.226 e. The van der Waals surface area contributed by atoms with Crippen molar-refractivity contribution in [1.82, 2.24) is 15.3 Å². The number of carbonyl (C=O) groups is 2. The minimum absolute atomic E-state index is 0.00561. The van der Waals surface area contributed by atoms with E-state index in [4.69, 9.17) is 0 Å². The van der Waals surface area contributed by atoms with Crippen LogP contribution in [0.15, 0.2) is 12.4 Å². The fourth-order valence-electron chi connectivity index (χ4n) is 1.24. The number of hydrogen-bond acceptors (Lipinski definition) is 3. The van der Waals surface area contributed by atoms with Gasteiger partial charge in [0.05, 0.1) is 0 Å². The van der Waals surface area contributed by atoms with Crippen molar-refractivity contribution in [3.8, 4) is 0 Å². The summed E-state index contributed by atoms with van der Waals surface area (Å²) in [5.74, 6) is 0.322. The third-order valence-corrected chi connectivity index (χ3v) is 2.30. The molecule has 0 bridgehead atoms. The van der Waals surface area contributed by atoms with Crippen LogP contribution in [-0.2, 0) is 9.59 Å². The van der Waals surface area contributed by atoms with Gasteiger partial charge in [-0.25, -0.2) is 4.98 Å². The highest BCUT2D eigenvalue weighted by atomic mass is 16.2. The molecular formula is C12H20N4O2. The normalized spacial score (nSPS) is 11.1. The van der Waals surface area contributed by atoms with Crippen LogP contribution in [0.25, 0.3) is 0 Å². The molecule has 0 unspecified atom stereocenters. The molecule has 1 rings (SSSR count). The van der Waals surface area contributed by atoms with Crippen LogP contribution < -0.4 is 10.6 Å². The summed E-state index contributed by atoms with van der Waals surface area (Å²) in [6.07, 6.45) is 4.16. The molecule has 18 heavy (non-hydrogen) atoms. The summed E-state index contributed by atoms with van der Waals surface area (Å²) in [6, 6.07) is 0. The Morgan fingerprint density at radius 1 is 1.39 bits per heavy atom. The van der Waals surface area contributed by atoms with E-state index in [0.717, 1.165) is 0 Å². The first kappa shape index (κ1) is 14.2. The molecule has 6 heteroatoms. The average molecular weight is 252 g/mol. The Morgan fingerprint density at radius 2 is 2.11 bits per heavy atom. The second kappa shape index (κ2) is 6.18. The topological polar surface area (TPSA) is 86.9 Å². The molecule has 0 aliphatic rings. The Balaban J connectivity index is 2.15. The van der Waals surface area contributed by atoms with Crippen LogP contribution in [0.5, 0.6) is 0 Å². The van der Waals surface area contributed by atoms with Crippen LogP contribution in [0.3, 0.4) is 0 Å². The van der Waals surface area contributed by atoms with E-state index in [1.807, 2.05) is 20.8 Å². The van der Waals surface area contributed by atoms with E-state index >= 15 is 0 Å². The molecule has 0 aliphatic heterocycles. The molecule has 6 nitrogen and oxygen atoms in total. The SMILES string of the molecule is CC(C)(C)C(=O)NCCCC(=O)Nc1ncc[nH]1. The molecule has 2 amide bonds. The average Bonchev–Trinajstić information content (AvgIpc) is 2.75. The van der Waals surface area contributed by atoms with Gasteiger partial charge in [0.25, 0.3) is 0 Å². The lowest BCUT2D eigenvalue weighted by Crippen LogP contribution is -2.35. The van der Waals surface area contributed by atoms with Gasteiger partial charge in [0, 0.05) is 30.8 Å². The van der Waals surface area contributed by atoms with Crippen molar-refractivity contribution in [2.24, 2.45) is 5.41 Å². The molecule has 0 atom stereocenters. The third kappa shape index (κ3) is 4.99. The zero-order valence-corrected chi connectivity index (χ0v) is 11.0. The smallest absolute Gasteiger partial charge is 0.226 e. The lowest BCUT2D eigenvalue weighted by Gasteiger charge is -2.17. The minimum Gasteiger partial charge on any atom is -0.356 e. The Kier molecular flexibility index (Phi) is 4.88. The molecule has 0 saturated heterocycles. The molecule has 100 valence electrons. The maximum absolute atomic E-state index is 11.5. The van der Waals surface area contributed by atoms with Gasteiger partial charge in [0.1, 0.15) is 0 Å². The lowest BCUT2D eigenvalue weighted by atomic mass is 9.96. The van der Waals surface area contributed by atoms with E-state index in [-0.39, 0.29) is 11.8 Å². The van der Waals surface area contributed by atoms with Crippen LogP contribution in [0.4, 0.5) is 5.95 Å². The lowest BCUT2D eigenvalue weighted by molar-refractivity contribution is -0.128. The number of H-pyrrole nitrogens is 1. The monoisotopic (exact) mass is 252 g/mol. The van der Waals surface area contributed by atoms with Gasteiger partial charge in [-0.3, -0.25) is 14.9 Å². The molecule has 0 fully saturated rings. The van der Waals surface area contributed by atoms with E-state index in [1.165, 1.54) is 0 Å². The van der Waals surface area contributed by atoms with E-state index in [2.05, 4.69) is 20.6 Å². The van der Waals surface area contributed by atoms with E-state index in [0.29, 0.717) is 25.3 Å². The Labute approximate surface area is 107 Å². The number of nitrogens with one attached hydrogen (secondary N) is 3. The largest absolute Gasteiger partial charge is 0.356 e. The standard InChI is InChI=1S/C12H20N4O2/c1-12(2,3)10(18)13-6-4-5-9(17)16-11-14-7-8-15-11/h7-8H,4-6H2,1-3H3,(H,13,18)(H2,14,15,16,17). The predicted molar refractivity (Wildman–Crippen MR) is 68.9 cm³/mol. The van der Waals surface area contributed by atoms with E-state index in [1.54, 1.807) is 12.4 Å². The molecule has 0 spiro atoms. The van der Waals surface area contributed by atoms with Crippen molar-refractivity contribution in [2.45, 2.75) is 33.6 Å². The summed E-state index contributed by atoms with van der Waals surface area (Å²) in [5.41, 5.74) is -0.392. The number of amides is 2. The summed E-state index contributed by atoms with van der Waals surface area (Å²) in [5, 5.41) is 5.42. The molecular weight excluding hydrogens is 232 g/mol. The summed E-state index contributed by atoms with van der Waals surface area (Å²) in [6.45, 7) is 6.06. The number of nitrogens with zero attached hydrogens (tertiary/aromatic N) is 1. The molecule has 0 aromatic carbocycles. The first-order chi connectivity index (χ1) is 8.39. The third-order valence-electron chi connectivity index (χ3n) is 2.30. The number of anilines is 1. The summed E-state index contributed by atoms with van der Waals surface area (Å²) in [4.78, 5) is 29.7. The molecule has 0 aliphatic carbocycles. The quantitative estimate of drug-likeness (QED) is 0.690. The number of carbonyl (C=O) groups excluding carboxylic acids is 2. The van der Waals surface area contributed by atoms with Gasteiger partial charge in [-0.1, -0.05) is 20.8 Å². The molecule has 1 aromatic rings. The van der Waals surface area contributed by atoms with Gasteiger partial charge in [0.15, 0.2) is 0 Å². The van der Waals surface area contributed by atoms with E-state index in [9.17, 15) is 9.59 Å². The highest BCUT2D eigenvalue weighted by Crippen LogP contribution is 2.12. The summed E-state index contributed by atoms with van der Waals surface area (Å²) >= 11 is 0. The number of rotatable bonds is 5. The van der Waals surface area contributed by atoms with Crippen molar-refractivity contribution in [3.63, 3.8) is 0 Å². The second-order valence-corrected chi connectivity index (χ2v) is 5.10. The van der Waals surface area contributed by atoms with Crippen molar-refractivity contribution < 1.29 is 9.59 Å².